The molecule has 37 heavy (non-hydrogen) atoms. The summed E-state index contributed by atoms with van der Waals surface area (Å²) in [5, 5.41) is 3.27. The summed E-state index contributed by atoms with van der Waals surface area (Å²) in [5.74, 6) is -0.300. The van der Waals surface area contributed by atoms with Crippen LogP contribution in [0.25, 0.3) is 16.9 Å². The molecule has 0 spiro atoms. The fraction of sp³-hybridized carbons (Fsp3) is 0.207. The summed E-state index contributed by atoms with van der Waals surface area (Å²) in [6, 6.07) is 26.3. The molecule has 4 aromatic rings. The van der Waals surface area contributed by atoms with Gasteiger partial charge in [0.05, 0.1) is 22.4 Å². The van der Waals surface area contributed by atoms with E-state index < -0.39 is 0 Å². The number of carbonyl (C=O) groups excluding carboxylic acids is 2. The standard InChI is InChI=1S/C29H27ClN4O3/c30-25-16-8-7-15-24(25)28(36)33(18-23-14-9-17-37-23)20-27(35)32-29-31-26(21-10-3-1-4-11-21)19-34(29)22-12-5-2-6-13-22/h1-8,10-13,15-16,19,23H,9,14,17-18,20H2,(H,31,32,35)/t23-/m1/s1. The van der Waals surface area contributed by atoms with Crippen LogP contribution in [0, 0.1) is 0 Å². The summed E-state index contributed by atoms with van der Waals surface area (Å²) in [5.41, 5.74) is 2.87. The van der Waals surface area contributed by atoms with Crippen molar-refractivity contribution in [3.63, 3.8) is 0 Å². The van der Waals surface area contributed by atoms with Gasteiger partial charge in [-0.25, -0.2) is 4.98 Å². The molecule has 2 heterocycles. The maximum absolute atomic E-state index is 13.4. The second-order valence-corrected chi connectivity index (χ2v) is 9.28. The molecular weight excluding hydrogens is 488 g/mol. The minimum atomic E-state index is -0.360. The smallest absolute Gasteiger partial charge is 0.255 e. The van der Waals surface area contributed by atoms with Crippen LogP contribution in [0.3, 0.4) is 0 Å². The minimum absolute atomic E-state index is 0.116. The van der Waals surface area contributed by atoms with Crippen molar-refractivity contribution in [2.45, 2.75) is 18.9 Å². The Kier molecular flexibility index (Phi) is 7.63. The highest BCUT2D eigenvalue weighted by Crippen LogP contribution is 2.25. The molecule has 188 valence electrons. The van der Waals surface area contributed by atoms with Crippen LogP contribution in [0.2, 0.25) is 5.02 Å². The number of nitrogens with zero attached hydrogens (tertiary/aromatic N) is 3. The summed E-state index contributed by atoms with van der Waals surface area (Å²) < 4.78 is 7.59. The van der Waals surface area contributed by atoms with E-state index in [0.29, 0.717) is 29.7 Å². The Morgan fingerprint density at radius 1 is 1.00 bits per heavy atom. The number of carbonyl (C=O) groups is 2. The summed E-state index contributed by atoms with van der Waals surface area (Å²) in [6.45, 7) is 0.799. The number of hydrogen-bond donors (Lipinski definition) is 1. The maximum Gasteiger partial charge on any atom is 0.255 e. The first-order valence-electron chi connectivity index (χ1n) is 12.2. The molecule has 0 radical (unpaired) electrons. The van der Waals surface area contributed by atoms with Crippen molar-refractivity contribution in [3.05, 3.63) is 102 Å². The van der Waals surface area contributed by atoms with E-state index in [1.165, 1.54) is 4.90 Å². The highest BCUT2D eigenvalue weighted by Gasteiger charge is 2.27. The molecule has 3 aromatic carbocycles. The summed E-state index contributed by atoms with van der Waals surface area (Å²) >= 11 is 6.30. The zero-order chi connectivity index (χ0) is 25.6. The van der Waals surface area contributed by atoms with E-state index in [4.69, 9.17) is 21.3 Å². The first-order chi connectivity index (χ1) is 18.1. The molecule has 5 rings (SSSR count). The van der Waals surface area contributed by atoms with Crippen LogP contribution in [0.15, 0.2) is 91.1 Å². The van der Waals surface area contributed by atoms with Crippen molar-refractivity contribution < 1.29 is 14.3 Å². The molecule has 0 aliphatic carbocycles. The van der Waals surface area contributed by atoms with Gasteiger partial charge in [0.1, 0.15) is 6.54 Å². The van der Waals surface area contributed by atoms with Crippen LogP contribution in [0.5, 0.6) is 0 Å². The number of para-hydroxylation sites is 1. The van der Waals surface area contributed by atoms with Crippen molar-refractivity contribution in [1.82, 2.24) is 14.5 Å². The molecule has 2 amide bonds. The Morgan fingerprint density at radius 3 is 2.41 bits per heavy atom. The monoisotopic (exact) mass is 514 g/mol. The zero-order valence-electron chi connectivity index (χ0n) is 20.2. The first-order valence-corrected chi connectivity index (χ1v) is 12.6. The molecule has 1 aromatic heterocycles. The SMILES string of the molecule is O=C(CN(C[C@H]1CCCO1)C(=O)c1ccccc1Cl)Nc1nc(-c2ccccc2)cn1-c1ccccc1. The number of benzene rings is 3. The van der Waals surface area contributed by atoms with Gasteiger partial charge in [-0.2, -0.15) is 0 Å². The van der Waals surface area contributed by atoms with Gasteiger partial charge in [-0.15, -0.1) is 0 Å². The second kappa shape index (κ2) is 11.4. The average Bonchev–Trinajstić information content (AvgIpc) is 3.59. The van der Waals surface area contributed by atoms with Crippen LogP contribution >= 0.6 is 11.6 Å². The van der Waals surface area contributed by atoms with Crippen LogP contribution < -0.4 is 5.32 Å². The number of anilines is 1. The number of rotatable bonds is 8. The van der Waals surface area contributed by atoms with Gasteiger partial charge in [-0.3, -0.25) is 19.5 Å². The lowest BCUT2D eigenvalue weighted by molar-refractivity contribution is -0.117. The molecule has 7 nitrogen and oxygen atoms in total. The van der Waals surface area contributed by atoms with Crippen LogP contribution in [0.1, 0.15) is 23.2 Å². The van der Waals surface area contributed by atoms with E-state index in [1.54, 1.807) is 24.3 Å². The molecule has 1 fully saturated rings. The molecule has 1 saturated heterocycles. The molecule has 1 N–H and O–H groups in total. The topological polar surface area (TPSA) is 76.5 Å². The Bertz CT molecular complexity index is 1370. The summed E-state index contributed by atoms with van der Waals surface area (Å²) in [7, 11) is 0. The third-order valence-corrected chi connectivity index (χ3v) is 6.56. The largest absolute Gasteiger partial charge is 0.376 e. The van der Waals surface area contributed by atoms with Gasteiger partial charge in [0, 0.05) is 30.6 Å². The van der Waals surface area contributed by atoms with Gasteiger partial charge in [-0.05, 0) is 37.1 Å². The number of ether oxygens (including phenoxy) is 1. The van der Waals surface area contributed by atoms with E-state index in [1.807, 2.05) is 71.4 Å². The van der Waals surface area contributed by atoms with Crippen molar-refractivity contribution in [2.75, 3.05) is 25.0 Å². The van der Waals surface area contributed by atoms with Gasteiger partial charge >= 0.3 is 0 Å². The average molecular weight is 515 g/mol. The lowest BCUT2D eigenvalue weighted by Crippen LogP contribution is -2.42. The predicted molar refractivity (Wildman–Crippen MR) is 144 cm³/mol. The third kappa shape index (κ3) is 5.90. The number of amides is 2. The molecule has 1 atom stereocenters. The highest BCUT2D eigenvalue weighted by atomic mass is 35.5. The first kappa shape index (κ1) is 24.7. The van der Waals surface area contributed by atoms with Crippen LogP contribution in [0.4, 0.5) is 5.95 Å². The Morgan fingerprint density at radius 2 is 1.70 bits per heavy atom. The molecule has 1 aliphatic heterocycles. The quantitative estimate of drug-likeness (QED) is 0.339. The lowest BCUT2D eigenvalue weighted by atomic mass is 10.1. The van der Waals surface area contributed by atoms with Crippen molar-refractivity contribution in [2.24, 2.45) is 0 Å². The lowest BCUT2D eigenvalue weighted by Gasteiger charge is -2.25. The number of halogens is 1. The van der Waals surface area contributed by atoms with E-state index in [9.17, 15) is 9.59 Å². The number of nitrogens with one attached hydrogen (secondary N) is 1. The van der Waals surface area contributed by atoms with E-state index >= 15 is 0 Å². The fourth-order valence-electron chi connectivity index (χ4n) is 4.40. The van der Waals surface area contributed by atoms with Gasteiger partial charge < -0.3 is 9.64 Å². The molecule has 0 bridgehead atoms. The molecular formula is C29H27ClN4O3. The Hall–Kier alpha value is -3.94. The maximum atomic E-state index is 13.4. The minimum Gasteiger partial charge on any atom is -0.376 e. The predicted octanol–water partition coefficient (Wildman–Crippen LogP) is 5.45. The van der Waals surface area contributed by atoms with E-state index in [2.05, 4.69) is 5.32 Å². The van der Waals surface area contributed by atoms with Gasteiger partial charge in [-0.1, -0.05) is 72.3 Å². The van der Waals surface area contributed by atoms with Gasteiger partial charge in [0.15, 0.2) is 0 Å². The molecule has 0 saturated carbocycles. The fourth-order valence-corrected chi connectivity index (χ4v) is 4.61. The van der Waals surface area contributed by atoms with Crippen molar-refractivity contribution >= 4 is 29.4 Å². The van der Waals surface area contributed by atoms with E-state index in [-0.39, 0.29) is 24.5 Å². The molecule has 1 aliphatic rings. The molecule has 8 heteroatoms. The zero-order valence-corrected chi connectivity index (χ0v) is 21.0. The third-order valence-electron chi connectivity index (χ3n) is 6.24. The van der Waals surface area contributed by atoms with Crippen molar-refractivity contribution in [3.8, 4) is 16.9 Å². The Balaban J connectivity index is 1.41. The number of imidazole rings is 1. The summed E-state index contributed by atoms with van der Waals surface area (Å²) in [4.78, 5) is 32.9. The van der Waals surface area contributed by atoms with Crippen LogP contribution in [-0.2, 0) is 9.53 Å². The highest BCUT2D eigenvalue weighted by molar-refractivity contribution is 6.33. The Labute approximate surface area is 220 Å². The normalized spacial score (nSPS) is 14.9. The number of hydrogen-bond acceptors (Lipinski definition) is 4. The number of aromatic nitrogens is 2. The van der Waals surface area contributed by atoms with Gasteiger partial charge in [0.25, 0.3) is 5.91 Å². The van der Waals surface area contributed by atoms with E-state index in [0.717, 1.165) is 29.8 Å². The second-order valence-electron chi connectivity index (χ2n) is 8.87. The summed E-state index contributed by atoms with van der Waals surface area (Å²) in [6.07, 6.45) is 3.55. The van der Waals surface area contributed by atoms with Gasteiger partial charge in [0.2, 0.25) is 11.9 Å². The molecule has 0 unspecified atom stereocenters. The van der Waals surface area contributed by atoms with Crippen molar-refractivity contribution in [1.29, 1.82) is 0 Å². The van der Waals surface area contributed by atoms with Crippen LogP contribution in [-0.4, -0.2) is 52.1 Å².